The lowest BCUT2D eigenvalue weighted by atomic mass is 9.85. The zero-order valence-corrected chi connectivity index (χ0v) is 18.5. The van der Waals surface area contributed by atoms with E-state index in [9.17, 15) is 0 Å². The molecular weight excluding hydrogens is 416 g/mol. The van der Waals surface area contributed by atoms with Crippen LogP contribution in [-0.4, -0.2) is 0 Å². The highest BCUT2D eigenvalue weighted by atomic mass is 14.7. The second-order valence-electron chi connectivity index (χ2n) is 8.73. The normalized spacial score (nSPS) is 11.4. The summed E-state index contributed by atoms with van der Waals surface area (Å²) in [4.78, 5) is 0. The van der Waals surface area contributed by atoms with E-state index in [0.29, 0.717) is 17.1 Å². The minimum atomic E-state index is 0.422. The van der Waals surface area contributed by atoms with Gasteiger partial charge in [-0.05, 0) is 84.9 Å². The van der Waals surface area contributed by atoms with Gasteiger partial charge in [0, 0.05) is 5.69 Å². The van der Waals surface area contributed by atoms with Crippen molar-refractivity contribution in [3.05, 3.63) is 97.1 Å². The maximum atomic E-state index is 6.22. The number of anilines is 4. The van der Waals surface area contributed by atoms with Crippen LogP contribution in [0, 0.1) is 0 Å². The molecule has 0 saturated carbocycles. The van der Waals surface area contributed by atoms with Gasteiger partial charge < -0.3 is 22.9 Å². The van der Waals surface area contributed by atoms with Crippen LogP contribution in [0.15, 0.2) is 97.1 Å². The molecule has 0 heterocycles. The molecule has 0 unspecified atom stereocenters. The summed E-state index contributed by atoms with van der Waals surface area (Å²) >= 11 is 0. The summed E-state index contributed by atoms with van der Waals surface area (Å²) in [5.74, 6) is 0. The smallest absolute Gasteiger partial charge is 0.0781 e. The van der Waals surface area contributed by atoms with Gasteiger partial charge in [0.1, 0.15) is 0 Å². The highest BCUT2D eigenvalue weighted by Crippen LogP contribution is 2.45. The van der Waals surface area contributed by atoms with Crippen LogP contribution in [0.5, 0.6) is 0 Å². The maximum absolute atomic E-state index is 6.22. The minimum Gasteiger partial charge on any atom is -0.399 e. The average molecular weight is 441 g/mol. The van der Waals surface area contributed by atoms with Crippen molar-refractivity contribution in [2.45, 2.75) is 0 Å². The first-order valence-electron chi connectivity index (χ1n) is 11.2. The van der Waals surface area contributed by atoms with Crippen LogP contribution >= 0.6 is 0 Å². The summed E-state index contributed by atoms with van der Waals surface area (Å²) in [6.45, 7) is 0. The molecule has 0 aliphatic heterocycles. The van der Waals surface area contributed by atoms with Crippen LogP contribution in [0.3, 0.4) is 0 Å². The quantitative estimate of drug-likeness (QED) is 0.175. The monoisotopic (exact) mass is 440 g/mol. The SMILES string of the molecule is Nc1ccc2cc(-c3c4ccccc4c(-c4cc(N)c(N)c(N)c4)c4ccccc34)ccc2c1. The van der Waals surface area contributed by atoms with E-state index in [1.807, 2.05) is 24.3 Å². The van der Waals surface area contributed by atoms with Gasteiger partial charge in [-0.25, -0.2) is 0 Å². The van der Waals surface area contributed by atoms with E-state index in [-0.39, 0.29) is 0 Å². The van der Waals surface area contributed by atoms with Crippen molar-refractivity contribution < 1.29 is 0 Å². The fraction of sp³-hybridized carbons (Fsp3) is 0. The number of benzene rings is 6. The third-order valence-corrected chi connectivity index (χ3v) is 6.62. The molecule has 4 heteroatoms. The van der Waals surface area contributed by atoms with E-state index in [0.717, 1.165) is 43.9 Å². The van der Waals surface area contributed by atoms with Crippen molar-refractivity contribution in [2.24, 2.45) is 0 Å². The molecule has 0 aromatic heterocycles. The van der Waals surface area contributed by atoms with Crippen molar-refractivity contribution in [1.82, 2.24) is 0 Å². The van der Waals surface area contributed by atoms with Crippen LogP contribution in [0.2, 0.25) is 0 Å². The van der Waals surface area contributed by atoms with Crippen molar-refractivity contribution in [2.75, 3.05) is 22.9 Å². The topological polar surface area (TPSA) is 104 Å². The zero-order chi connectivity index (χ0) is 23.4. The molecule has 0 fully saturated rings. The lowest BCUT2D eigenvalue weighted by Gasteiger charge is -2.19. The zero-order valence-electron chi connectivity index (χ0n) is 18.5. The lowest BCUT2D eigenvalue weighted by molar-refractivity contribution is 1.63. The van der Waals surface area contributed by atoms with Gasteiger partial charge in [0.25, 0.3) is 0 Å². The molecule has 0 atom stereocenters. The van der Waals surface area contributed by atoms with Crippen LogP contribution in [0.4, 0.5) is 22.7 Å². The van der Waals surface area contributed by atoms with Crippen molar-refractivity contribution in [1.29, 1.82) is 0 Å². The predicted molar refractivity (Wildman–Crippen MR) is 147 cm³/mol. The summed E-state index contributed by atoms with van der Waals surface area (Å²) in [5, 5.41) is 6.89. The summed E-state index contributed by atoms with van der Waals surface area (Å²) in [7, 11) is 0. The summed E-state index contributed by atoms with van der Waals surface area (Å²) < 4.78 is 0. The molecule has 4 nitrogen and oxygen atoms in total. The molecule has 0 radical (unpaired) electrons. The van der Waals surface area contributed by atoms with Crippen LogP contribution < -0.4 is 22.9 Å². The highest BCUT2D eigenvalue weighted by Gasteiger charge is 2.17. The molecule has 0 aliphatic rings. The standard InChI is InChI=1S/C30H24N4/c31-21-12-11-17-13-19(10-9-18(17)14-21)28-22-5-1-3-7-24(22)29(25-8-4-2-6-23(25)28)20-15-26(32)30(34)27(33)16-20/h1-16H,31-34H2. The van der Waals surface area contributed by atoms with E-state index in [2.05, 4.69) is 72.8 Å². The van der Waals surface area contributed by atoms with Crippen molar-refractivity contribution >= 4 is 55.1 Å². The van der Waals surface area contributed by atoms with E-state index in [1.165, 1.54) is 16.3 Å². The van der Waals surface area contributed by atoms with E-state index < -0.39 is 0 Å². The van der Waals surface area contributed by atoms with Crippen LogP contribution in [-0.2, 0) is 0 Å². The number of rotatable bonds is 2. The Morgan fingerprint density at radius 1 is 0.412 bits per heavy atom. The van der Waals surface area contributed by atoms with Crippen molar-refractivity contribution in [3.63, 3.8) is 0 Å². The number of nitrogens with two attached hydrogens (primary N) is 4. The molecule has 0 bridgehead atoms. The number of nitrogen functional groups attached to an aromatic ring is 4. The van der Waals surface area contributed by atoms with Crippen LogP contribution in [0.1, 0.15) is 0 Å². The third kappa shape index (κ3) is 3.00. The molecule has 0 saturated heterocycles. The Bertz CT molecular complexity index is 1670. The molecule has 8 N–H and O–H groups in total. The fourth-order valence-corrected chi connectivity index (χ4v) is 5.01. The third-order valence-electron chi connectivity index (χ3n) is 6.62. The Kier molecular flexibility index (Phi) is 4.36. The van der Waals surface area contributed by atoms with Gasteiger partial charge in [-0.1, -0.05) is 66.7 Å². The first kappa shape index (κ1) is 19.9. The number of fused-ring (bicyclic) bond motifs is 3. The van der Waals surface area contributed by atoms with Crippen LogP contribution in [0.25, 0.3) is 54.6 Å². The van der Waals surface area contributed by atoms with E-state index >= 15 is 0 Å². The van der Waals surface area contributed by atoms with Gasteiger partial charge in [0.05, 0.1) is 17.1 Å². The Morgan fingerprint density at radius 3 is 1.44 bits per heavy atom. The van der Waals surface area contributed by atoms with Gasteiger partial charge in [0.15, 0.2) is 0 Å². The molecule has 6 aromatic rings. The molecule has 0 spiro atoms. The van der Waals surface area contributed by atoms with Gasteiger partial charge in [0.2, 0.25) is 0 Å². The first-order valence-corrected chi connectivity index (χ1v) is 11.2. The van der Waals surface area contributed by atoms with E-state index in [1.54, 1.807) is 0 Å². The molecule has 6 rings (SSSR count). The number of hydrogen-bond donors (Lipinski definition) is 4. The average Bonchev–Trinajstić information content (AvgIpc) is 2.85. The fourth-order valence-electron chi connectivity index (χ4n) is 5.01. The molecule has 34 heavy (non-hydrogen) atoms. The molecule has 0 amide bonds. The lowest BCUT2D eigenvalue weighted by Crippen LogP contribution is -2.01. The van der Waals surface area contributed by atoms with Gasteiger partial charge in [-0.2, -0.15) is 0 Å². The van der Waals surface area contributed by atoms with Gasteiger partial charge in [-0.15, -0.1) is 0 Å². The predicted octanol–water partition coefficient (Wildman–Crippen LogP) is 6.81. The summed E-state index contributed by atoms with van der Waals surface area (Å²) in [6.07, 6.45) is 0. The molecular formula is C30H24N4. The summed E-state index contributed by atoms with van der Waals surface area (Å²) in [6, 6.07) is 33.4. The highest BCUT2D eigenvalue weighted by molar-refractivity contribution is 6.22. The maximum Gasteiger partial charge on any atom is 0.0781 e. The molecule has 0 aliphatic carbocycles. The minimum absolute atomic E-state index is 0.422. The first-order chi connectivity index (χ1) is 16.5. The van der Waals surface area contributed by atoms with E-state index in [4.69, 9.17) is 22.9 Å². The Hall–Kier alpha value is -4.70. The Labute approximate surface area is 197 Å². The second-order valence-corrected chi connectivity index (χ2v) is 8.73. The Balaban J connectivity index is 1.75. The summed E-state index contributed by atoms with van der Waals surface area (Å²) in [5.41, 5.74) is 31.1. The van der Waals surface area contributed by atoms with Gasteiger partial charge in [-0.3, -0.25) is 0 Å². The largest absolute Gasteiger partial charge is 0.399 e. The van der Waals surface area contributed by atoms with Gasteiger partial charge >= 0.3 is 0 Å². The number of hydrogen-bond acceptors (Lipinski definition) is 4. The Morgan fingerprint density at radius 2 is 0.882 bits per heavy atom. The second kappa shape index (κ2) is 7.42. The van der Waals surface area contributed by atoms with Crippen molar-refractivity contribution in [3.8, 4) is 22.3 Å². The molecule has 6 aromatic carbocycles. The molecule has 164 valence electrons.